The molecule has 2 saturated carbocycles. The lowest BCUT2D eigenvalue weighted by molar-refractivity contribution is 0.250. The van der Waals surface area contributed by atoms with Crippen molar-refractivity contribution < 1.29 is 0 Å². The smallest absolute Gasteiger partial charge is 0.0593 e. The average molecular weight is 256 g/mol. The van der Waals surface area contributed by atoms with Gasteiger partial charge in [0.05, 0.1) is 5.41 Å². The van der Waals surface area contributed by atoms with Crippen molar-refractivity contribution in [2.24, 2.45) is 23.2 Å². The van der Waals surface area contributed by atoms with Crippen molar-refractivity contribution >= 4 is 0 Å². The zero-order valence-electron chi connectivity index (χ0n) is 13.1. The first kappa shape index (κ1) is 14.4. The van der Waals surface area contributed by atoms with E-state index < -0.39 is 0 Å². The van der Waals surface area contributed by atoms with Gasteiger partial charge in [-0.3, -0.25) is 0 Å². The van der Waals surface area contributed by atoms with E-state index in [-0.39, 0.29) is 5.41 Å². The summed E-state index contributed by atoms with van der Waals surface area (Å²) in [7, 11) is 0. The molecule has 0 N–H and O–H groups in total. The summed E-state index contributed by atoms with van der Waals surface area (Å²) in [6.07, 6.45) is 8.16. The minimum Gasteiger partial charge on any atom is -0.103 e. The van der Waals surface area contributed by atoms with Crippen LogP contribution in [0.4, 0.5) is 0 Å². The fraction of sp³-hybridized carbons (Fsp3) is 0.684. The van der Waals surface area contributed by atoms with E-state index in [4.69, 9.17) is 0 Å². The molecule has 0 heteroatoms. The van der Waals surface area contributed by atoms with E-state index in [9.17, 15) is 0 Å². The second-order valence-corrected chi connectivity index (χ2v) is 6.31. The third kappa shape index (κ3) is 2.40. The Kier molecular flexibility index (Phi) is 4.24. The Balaban J connectivity index is 2.18. The monoisotopic (exact) mass is 256 g/mol. The maximum atomic E-state index is 4.40. The molecule has 0 radical (unpaired) electrons. The van der Waals surface area contributed by atoms with Gasteiger partial charge in [-0.2, -0.15) is 0 Å². The van der Waals surface area contributed by atoms with Crippen molar-refractivity contribution in [3.8, 4) is 11.8 Å². The molecular weight excluding hydrogens is 228 g/mol. The molecule has 0 spiro atoms. The van der Waals surface area contributed by atoms with Crippen molar-refractivity contribution in [3.05, 3.63) is 23.8 Å². The Hall–Kier alpha value is -0.960. The Morgan fingerprint density at radius 2 is 2.11 bits per heavy atom. The van der Waals surface area contributed by atoms with Crippen molar-refractivity contribution in [3.63, 3.8) is 0 Å². The summed E-state index contributed by atoms with van der Waals surface area (Å²) >= 11 is 0. The van der Waals surface area contributed by atoms with Crippen LogP contribution < -0.4 is 0 Å². The third-order valence-electron chi connectivity index (χ3n) is 5.15. The SMILES string of the molecule is C=C(C=C(CC)CCC)C1(C#CCC)CC2C(C)C21. The second-order valence-electron chi connectivity index (χ2n) is 6.31. The van der Waals surface area contributed by atoms with Crippen LogP contribution in [-0.4, -0.2) is 0 Å². The van der Waals surface area contributed by atoms with Gasteiger partial charge in [0.25, 0.3) is 0 Å². The average Bonchev–Trinajstić information content (AvgIpc) is 2.91. The zero-order valence-corrected chi connectivity index (χ0v) is 13.1. The molecule has 2 aliphatic rings. The molecule has 4 unspecified atom stereocenters. The van der Waals surface area contributed by atoms with Gasteiger partial charge in [0.15, 0.2) is 0 Å². The molecule has 2 fully saturated rings. The standard InChI is InChI=1S/C19H28/c1-6-9-11-19(13-17-15(5)18(17)19)14(4)12-16(8-3)10-7-2/h12,15,17-18H,4,6-8,10,13H2,1-3,5H3. The zero-order chi connectivity index (χ0) is 14.0. The van der Waals surface area contributed by atoms with Crippen LogP contribution >= 0.6 is 0 Å². The summed E-state index contributed by atoms with van der Waals surface area (Å²) in [6, 6.07) is 0. The molecule has 0 saturated heterocycles. The van der Waals surface area contributed by atoms with Crippen LogP contribution in [0.15, 0.2) is 23.8 Å². The van der Waals surface area contributed by atoms with Gasteiger partial charge in [0.1, 0.15) is 0 Å². The fourth-order valence-electron chi connectivity index (χ4n) is 3.87. The van der Waals surface area contributed by atoms with E-state index in [0.717, 1.165) is 30.6 Å². The topological polar surface area (TPSA) is 0 Å². The highest BCUT2D eigenvalue weighted by atomic mass is 14.7. The first-order valence-corrected chi connectivity index (χ1v) is 7.99. The van der Waals surface area contributed by atoms with Gasteiger partial charge in [-0.05, 0) is 42.6 Å². The lowest BCUT2D eigenvalue weighted by Crippen LogP contribution is -2.33. The number of fused-ring (bicyclic) bond motifs is 1. The number of hydrogen-bond donors (Lipinski definition) is 0. The summed E-state index contributed by atoms with van der Waals surface area (Å²) in [5, 5.41) is 0. The molecule has 0 bridgehead atoms. The van der Waals surface area contributed by atoms with Gasteiger partial charge >= 0.3 is 0 Å². The molecule has 4 atom stereocenters. The minimum absolute atomic E-state index is 0.133. The molecule has 0 aromatic rings. The fourth-order valence-corrected chi connectivity index (χ4v) is 3.87. The van der Waals surface area contributed by atoms with Gasteiger partial charge in [-0.15, -0.1) is 5.92 Å². The highest BCUT2D eigenvalue weighted by Crippen LogP contribution is 2.73. The summed E-state index contributed by atoms with van der Waals surface area (Å²) in [4.78, 5) is 0. The Labute approximate surface area is 119 Å². The van der Waals surface area contributed by atoms with Crippen LogP contribution in [0.25, 0.3) is 0 Å². The highest BCUT2D eigenvalue weighted by molar-refractivity contribution is 5.44. The van der Waals surface area contributed by atoms with Crippen LogP contribution in [0.1, 0.15) is 59.8 Å². The molecule has 104 valence electrons. The van der Waals surface area contributed by atoms with Gasteiger partial charge in [-0.25, -0.2) is 0 Å². The molecule has 2 rings (SSSR count). The Morgan fingerprint density at radius 3 is 2.53 bits per heavy atom. The van der Waals surface area contributed by atoms with E-state index in [1.807, 2.05) is 0 Å². The summed E-state index contributed by atoms with van der Waals surface area (Å²) in [5.74, 6) is 9.52. The van der Waals surface area contributed by atoms with Crippen molar-refractivity contribution in [1.82, 2.24) is 0 Å². The van der Waals surface area contributed by atoms with Crippen molar-refractivity contribution in [1.29, 1.82) is 0 Å². The Bertz CT molecular complexity index is 438. The molecule has 0 heterocycles. The molecule has 2 aliphatic carbocycles. The molecule has 0 amide bonds. The second kappa shape index (κ2) is 5.58. The van der Waals surface area contributed by atoms with Crippen LogP contribution in [0, 0.1) is 35.0 Å². The number of hydrogen-bond acceptors (Lipinski definition) is 0. The maximum Gasteiger partial charge on any atom is 0.0593 e. The number of allylic oxidation sites excluding steroid dienone is 3. The molecule has 0 aromatic heterocycles. The van der Waals surface area contributed by atoms with E-state index in [1.54, 1.807) is 5.57 Å². The lowest BCUT2D eigenvalue weighted by Gasteiger charge is -2.38. The predicted molar refractivity (Wildman–Crippen MR) is 83.7 cm³/mol. The van der Waals surface area contributed by atoms with Gasteiger partial charge in [0, 0.05) is 6.42 Å². The molecular formula is C19H28. The quantitative estimate of drug-likeness (QED) is 0.458. The van der Waals surface area contributed by atoms with E-state index in [2.05, 4.69) is 52.2 Å². The maximum absolute atomic E-state index is 4.40. The van der Waals surface area contributed by atoms with Gasteiger partial charge < -0.3 is 0 Å². The van der Waals surface area contributed by atoms with Crippen LogP contribution in [0.2, 0.25) is 0 Å². The molecule has 19 heavy (non-hydrogen) atoms. The summed E-state index contributed by atoms with van der Waals surface area (Å²) in [6.45, 7) is 13.4. The minimum atomic E-state index is 0.133. The van der Waals surface area contributed by atoms with Gasteiger partial charge in [0.2, 0.25) is 0 Å². The molecule has 0 aromatic carbocycles. The van der Waals surface area contributed by atoms with Gasteiger partial charge in [-0.1, -0.05) is 58.3 Å². The Morgan fingerprint density at radius 1 is 1.37 bits per heavy atom. The third-order valence-corrected chi connectivity index (χ3v) is 5.15. The first-order chi connectivity index (χ1) is 9.10. The largest absolute Gasteiger partial charge is 0.103 e. The normalized spacial score (nSPS) is 35.8. The summed E-state index contributed by atoms with van der Waals surface area (Å²) < 4.78 is 0. The van der Waals surface area contributed by atoms with Crippen molar-refractivity contribution in [2.75, 3.05) is 0 Å². The number of rotatable bonds is 5. The van der Waals surface area contributed by atoms with Crippen LogP contribution in [0.5, 0.6) is 0 Å². The highest BCUT2D eigenvalue weighted by Gasteiger charge is 2.69. The van der Waals surface area contributed by atoms with Crippen LogP contribution in [-0.2, 0) is 0 Å². The lowest BCUT2D eigenvalue weighted by atomic mass is 9.64. The van der Waals surface area contributed by atoms with E-state index in [0.29, 0.717) is 0 Å². The predicted octanol–water partition coefficient (Wildman–Crippen LogP) is 5.36. The van der Waals surface area contributed by atoms with Crippen LogP contribution in [0.3, 0.4) is 0 Å². The first-order valence-electron chi connectivity index (χ1n) is 7.99. The summed E-state index contributed by atoms with van der Waals surface area (Å²) in [5.41, 5.74) is 2.97. The molecule has 0 aliphatic heterocycles. The van der Waals surface area contributed by atoms with Crippen molar-refractivity contribution in [2.45, 2.75) is 59.8 Å². The van der Waals surface area contributed by atoms with E-state index >= 15 is 0 Å². The van der Waals surface area contributed by atoms with E-state index in [1.165, 1.54) is 24.8 Å². The molecule has 0 nitrogen and oxygen atoms in total.